The molecule has 1 saturated heterocycles. The maximum Gasteiger partial charge on any atom is 0.321 e. The zero-order valence-electron chi connectivity index (χ0n) is 18.4. The summed E-state index contributed by atoms with van der Waals surface area (Å²) in [6.45, 7) is -2.36. The summed E-state index contributed by atoms with van der Waals surface area (Å²) in [5, 5.41) is 2.60. The quantitative estimate of drug-likeness (QED) is 0.843. The third-order valence-electron chi connectivity index (χ3n) is 4.77. The number of hydrogen-bond donors (Lipinski definition) is 1. The van der Waals surface area contributed by atoms with Gasteiger partial charge in [0.15, 0.2) is 0 Å². The van der Waals surface area contributed by atoms with Crippen molar-refractivity contribution in [3.05, 3.63) is 54.3 Å². The summed E-state index contributed by atoms with van der Waals surface area (Å²) in [6.07, 6.45) is 1.57. The lowest BCUT2D eigenvalue weighted by Crippen LogP contribution is -2.48. The minimum absolute atomic E-state index is 0.158. The Morgan fingerprint density at radius 2 is 1.86 bits per heavy atom. The Morgan fingerprint density at radius 1 is 1.18 bits per heavy atom. The van der Waals surface area contributed by atoms with Crippen LogP contribution in [0.3, 0.4) is 0 Å². The maximum atomic E-state index is 13.4. The molecule has 0 radical (unpaired) electrons. The first-order chi connectivity index (χ1) is 14.4. The highest BCUT2D eigenvalue weighted by Crippen LogP contribution is 2.23. The minimum atomic E-state index is -3.36. The zero-order valence-corrected chi connectivity index (χ0v) is 16.2. The normalized spacial score (nSPS) is 18.0. The van der Waals surface area contributed by atoms with Crippen LogP contribution in [0.25, 0.3) is 11.1 Å². The van der Waals surface area contributed by atoms with Crippen LogP contribution < -0.4 is 5.32 Å². The number of piperidine rings is 1. The molecule has 8 heteroatoms. The van der Waals surface area contributed by atoms with Gasteiger partial charge in [-0.25, -0.2) is 21.9 Å². The van der Waals surface area contributed by atoms with E-state index in [1.807, 2.05) is 0 Å². The van der Waals surface area contributed by atoms with Crippen molar-refractivity contribution in [3.63, 3.8) is 0 Å². The van der Waals surface area contributed by atoms with Gasteiger partial charge in [0.05, 0.1) is 6.26 Å². The molecule has 0 aromatic heterocycles. The average molecular weight is 409 g/mol. The number of halogens is 1. The Kier molecular flexibility index (Phi) is 4.88. The van der Waals surface area contributed by atoms with Crippen molar-refractivity contribution in [1.29, 1.82) is 0 Å². The number of sulfonamides is 1. The first-order valence-corrected chi connectivity index (χ1v) is 10.7. The van der Waals surface area contributed by atoms with Gasteiger partial charge in [-0.3, -0.25) is 0 Å². The largest absolute Gasteiger partial charge is 0.325 e. The Morgan fingerprint density at radius 3 is 2.43 bits per heavy atom. The molecule has 0 aliphatic carbocycles. The van der Waals surface area contributed by atoms with Gasteiger partial charge < -0.3 is 10.2 Å². The number of hydrogen-bond acceptors (Lipinski definition) is 3. The smallest absolute Gasteiger partial charge is 0.321 e. The number of anilines is 1. The van der Waals surface area contributed by atoms with Gasteiger partial charge in [-0.2, -0.15) is 0 Å². The van der Waals surface area contributed by atoms with Crippen molar-refractivity contribution in [1.82, 2.24) is 9.21 Å². The fourth-order valence-corrected chi connectivity index (χ4v) is 4.07. The second-order valence-corrected chi connectivity index (χ2v) is 8.76. The summed E-state index contributed by atoms with van der Waals surface area (Å²) in [4.78, 5) is 13.6. The van der Waals surface area contributed by atoms with Gasteiger partial charge in [0, 0.05) is 35.9 Å². The number of amides is 2. The molecule has 1 heterocycles. The van der Waals surface area contributed by atoms with E-state index in [0.29, 0.717) is 11.3 Å². The second-order valence-electron chi connectivity index (χ2n) is 6.78. The third kappa shape index (κ3) is 4.88. The van der Waals surface area contributed by atoms with Crippen LogP contribution in [0.2, 0.25) is 0 Å². The van der Waals surface area contributed by atoms with Crippen molar-refractivity contribution < 1.29 is 21.7 Å². The van der Waals surface area contributed by atoms with E-state index in [1.54, 1.807) is 36.4 Å². The van der Waals surface area contributed by atoms with Crippen molar-refractivity contribution in [3.8, 4) is 11.1 Å². The number of nitrogens with one attached hydrogen (secondary N) is 1. The Labute approximate surface area is 169 Å². The SMILES string of the molecule is [2H]C([2H])([2H])N(C(=O)Nc1ccc(-c2cccc(F)c2)cc1)C1CCN(S(C)(=O)=O)CC1. The van der Waals surface area contributed by atoms with Crippen LogP contribution in [0, 0.1) is 5.82 Å². The number of carbonyl (C=O) groups excluding carboxylic acids is 1. The van der Waals surface area contributed by atoms with Crippen LogP contribution in [0.5, 0.6) is 0 Å². The van der Waals surface area contributed by atoms with E-state index in [-0.39, 0.29) is 31.7 Å². The molecular weight excluding hydrogens is 381 g/mol. The fourth-order valence-electron chi connectivity index (χ4n) is 3.20. The molecule has 0 bridgehead atoms. The molecule has 1 N–H and O–H groups in total. The van der Waals surface area contributed by atoms with E-state index in [0.717, 1.165) is 16.7 Å². The number of nitrogens with zero attached hydrogens (tertiary/aromatic N) is 2. The summed E-state index contributed by atoms with van der Waals surface area (Å²) in [7, 11) is -3.36. The molecule has 0 unspecified atom stereocenters. The lowest BCUT2D eigenvalue weighted by molar-refractivity contribution is 0.174. The van der Waals surface area contributed by atoms with Gasteiger partial charge in [0.1, 0.15) is 5.82 Å². The standard InChI is InChI=1S/C20H24FN3O3S/c1-23(19-10-12-24(13-11-19)28(2,26)27)20(25)22-18-8-6-15(7-9-18)16-4-3-5-17(21)14-16/h3-9,14,19H,10-13H2,1-2H3,(H,22,25)/i1D3. The molecule has 6 nitrogen and oxygen atoms in total. The van der Waals surface area contributed by atoms with Crippen LogP contribution in [0.15, 0.2) is 48.5 Å². The molecule has 1 aliphatic rings. The molecule has 2 amide bonds. The minimum Gasteiger partial charge on any atom is -0.325 e. The highest BCUT2D eigenvalue weighted by Gasteiger charge is 2.29. The average Bonchev–Trinajstić information content (AvgIpc) is 2.67. The summed E-state index contributed by atoms with van der Waals surface area (Å²) < 4.78 is 61.4. The molecule has 1 fully saturated rings. The van der Waals surface area contributed by atoms with Crippen LogP contribution in [0.1, 0.15) is 17.0 Å². The number of urea groups is 1. The second kappa shape index (κ2) is 8.28. The van der Waals surface area contributed by atoms with Gasteiger partial charge in [-0.1, -0.05) is 24.3 Å². The molecule has 0 atom stereocenters. The maximum absolute atomic E-state index is 13.4. The number of benzene rings is 2. The van der Waals surface area contributed by atoms with Crippen molar-refractivity contribution in [2.45, 2.75) is 18.9 Å². The first-order valence-electron chi connectivity index (χ1n) is 10.4. The highest BCUT2D eigenvalue weighted by atomic mass is 32.2. The summed E-state index contributed by atoms with van der Waals surface area (Å²) in [5.41, 5.74) is 1.82. The van der Waals surface area contributed by atoms with Crippen LogP contribution >= 0.6 is 0 Å². The molecule has 3 rings (SSSR count). The van der Waals surface area contributed by atoms with E-state index in [4.69, 9.17) is 4.11 Å². The first kappa shape index (κ1) is 16.5. The van der Waals surface area contributed by atoms with Gasteiger partial charge in [0.2, 0.25) is 10.0 Å². The van der Waals surface area contributed by atoms with E-state index < -0.39 is 29.1 Å². The lowest BCUT2D eigenvalue weighted by Gasteiger charge is -2.35. The predicted molar refractivity (Wildman–Crippen MR) is 108 cm³/mol. The van der Waals surface area contributed by atoms with E-state index >= 15 is 0 Å². The van der Waals surface area contributed by atoms with E-state index in [2.05, 4.69) is 5.32 Å². The Bertz CT molecular complexity index is 1040. The van der Waals surface area contributed by atoms with Crippen LogP contribution in [-0.4, -0.2) is 56.0 Å². The third-order valence-corrected chi connectivity index (χ3v) is 6.07. The molecule has 0 spiro atoms. The van der Waals surface area contributed by atoms with Crippen LogP contribution in [-0.2, 0) is 10.0 Å². The summed E-state index contributed by atoms with van der Waals surface area (Å²) in [6, 6.07) is 11.3. The van der Waals surface area contributed by atoms with Crippen molar-refractivity contribution in [2.24, 2.45) is 0 Å². The summed E-state index contributed by atoms with van der Waals surface area (Å²) >= 11 is 0. The molecule has 2 aromatic rings. The molecule has 1 aliphatic heterocycles. The van der Waals surface area contributed by atoms with Crippen LogP contribution in [0.4, 0.5) is 14.9 Å². The van der Waals surface area contributed by atoms with Gasteiger partial charge in [-0.15, -0.1) is 0 Å². The fraction of sp³-hybridized carbons (Fsp3) is 0.350. The molecule has 150 valence electrons. The van der Waals surface area contributed by atoms with Gasteiger partial charge >= 0.3 is 6.03 Å². The molecule has 28 heavy (non-hydrogen) atoms. The van der Waals surface area contributed by atoms with E-state index in [9.17, 15) is 17.6 Å². The number of rotatable bonds is 4. The highest BCUT2D eigenvalue weighted by molar-refractivity contribution is 7.88. The molecule has 0 saturated carbocycles. The van der Waals surface area contributed by atoms with Crippen molar-refractivity contribution in [2.75, 3.05) is 31.6 Å². The number of carbonyl (C=O) groups is 1. The predicted octanol–water partition coefficient (Wildman–Crippen LogP) is 3.38. The Balaban J connectivity index is 1.71. The monoisotopic (exact) mass is 408 g/mol. The van der Waals surface area contributed by atoms with Gasteiger partial charge in [0.25, 0.3) is 0 Å². The Hall–Kier alpha value is -2.45. The topological polar surface area (TPSA) is 69.7 Å². The van der Waals surface area contributed by atoms with Gasteiger partial charge in [-0.05, 0) is 48.2 Å². The molecular formula is C20H24FN3O3S. The van der Waals surface area contributed by atoms with Crippen molar-refractivity contribution >= 4 is 21.7 Å². The lowest BCUT2D eigenvalue weighted by atomic mass is 10.1. The molecule has 2 aromatic carbocycles. The van der Waals surface area contributed by atoms with E-state index in [1.165, 1.54) is 16.4 Å². The zero-order chi connectivity index (χ0) is 22.8. The summed E-state index contributed by atoms with van der Waals surface area (Å²) in [5.74, 6) is -0.356.